The Labute approximate surface area is 94.2 Å². The van der Waals surface area contributed by atoms with Crippen LogP contribution in [-0.2, 0) is 0 Å². The Hall–Kier alpha value is -0.0800. The molecular formula is C13H26N2. The van der Waals surface area contributed by atoms with Gasteiger partial charge in [-0.05, 0) is 55.3 Å². The summed E-state index contributed by atoms with van der Waals surface area (Å²) < 4.78 is 0. The van der Waals surface area contributed by atoms with E-state index < -0.39 is 0 Å². The van der Waals surface area contributed by atoms with Crippen LogP contribution in [0.25, 0.3) is 0 Å². The Morgan fingerprint density at radius 2 is 1.33 bits per heavy atom. The molecule has 0 radical (unpaired) electrons. The Morgan fingerprint density at radius 1 is 0.800 bits per heavy atom. The first-order valence-electron chi connectivity index (χ1n) is 6.37. The van der Waals surface area contributed by atoms with Crippen molar-refractivity contribution in [2.45, 2.75) is 34.1 Å². The average molecular weight is 210 g/mol. The minimum Gasteiger partial charge on any atom is -0.316 e. The lowest BCUT2D eigenvalue weighted by atomic mass is 9.54. The molecule has 2 nitrogen and oxygen atoms in total. The summed E-state index contributed by atoms with van der Waals surface area (Å²) in [7, 11) is 0. The molecule has 1 atom stereocenters. The largest absolute Gasteiger partial charge is 0.316 e. The molecule has 0 aromatic heterocycles. The zero-order valence-corrected chi connectivity index (χ0v) is 10.7. The van der Waals surface area contributed by atoms with Gasteiger partial charge in [0.15, 0.2) is 0 Å². The Bertz CT molecular complexity index is 223. The van der Waals surface area contributed by atoms with Crippen molar-refractivity contribution in [3.63, 3.8) is 0 Å². The van der Waals surface area contributed by atoms with Gasteiger partial charge in [-0.1, -0.05) is 27.7 Å². The van der Waals surface area contributed by atoms with E-state index in [0.29, 0.717) is 10.8 Å². The molecule has 2 aliphatic rings. The minimum absolute atomic E-state index is 0.448. The highest BCUT2D eigenvalue weighted by atomic mass is 15.0. The van der Waals surface area contributed by atoms with E-state index in [1.54, 1.807) is 0 Å². The van der Waals surface area contributed by atoms with Gasteiger partial charge in [-0.3, -0.25) is 0 Å². The zero-order valence-electron chi connectivity index (χ0n) is 10.7. The molecule has 88 valence electrons. The van der Waals surface area contributed by atoms with Crippen LogP contribution in [0.1, 0.15) is 34.1 Å². The molecule has 15 heavy (non-hydrogen) atoms. The summed E-state index contributed by atoms with van der Waals surface area (Å²) in [4.78, 5) is 0. The van der Waals surface area contributed by atoms with Crippen molar-refractivity contribution in [1.29, 1.82) is 0 Å². The predicted octanol–water partition coefficient (Wildman–Crippen LogP) is 1.87. The monoisotopic (exact) mass is 210 g/mol. The highest BCUT2D eigenvalue weighted by molar-refractivity contribution is 5.00. The van der Waals surface area contributed by atoms with Crippen molar-refractivity contribution >= 4 is 0 Å². The van der Waals surface area contributed by atoms with Crippen molar-refractivity contribution in [3.8, 4) is 0 Å². The van der Waals surface area contributed by atoms with E-state index in [-0.39, 0.29) is 0 Å². The zero-order chi connectivity index (χ0) is 11.1. The maximum atomic E-state index is 3.51. The van der Waals surface area contributed by atoms with Gasteiger partial charge in [-0.2, -0.15) is 0 Å². The average Bonchev–Trinajstić information content (AvgIpc) is 2.50. The lowest BCUT2D eigenvalue weighted by molar-refractivity contribution is -0.0261. The fourth-order valence-corrected chi connectivity index (χ4v) is 3.12. The van der Waals surface area contributed by atoms with E-state index in [1.165, 1.54) is 32.6 Å². The van der Waals surface area contributed by atoms with Gasteiger partial charge < -0.3 is 10.6 Å². The molecule has 2 rings (SSSR count). The van der Waals surface area contributed by atoms with Gasteiger partial charge in [0, 0.05) is 0 Å². The van der Waals surface area contributed by atoms with Crippen LogP contribution in [0.3, 0.4) is 0 Å². The second-order valence-electron chi connectivity index (χ2n) is 6.49. The van der Waals surface area contributed by atoms with Gasteiger partial charge >= 0.3 is 0 Å². The van der Waals surface area contributed by atoms with Gasteiger partial charge in [0.25, 0.3) is 0 Å². The van der Waals surface area contributed by atoms with E-state index >= 15 is 0 Å². The van der Waals surface area contributed by atoms with Crippen LogP contribution in [0.5, 0.6) is 0 Å². The molecule has 2 heterocycles. The van der Waals surface area contributed by atoms with Gasteiger partial charge in [0.05, 0.1) is 0 Å². The summed E-state index contributed by atoms with van der Waals surface area (Å²) in [5, 5.41) is 6.92. The number of nitrogens with one attached hydrogen (secondary N) is 2. The highest BCUT2D eigenvalue weighted by Gasteiger charge is 2.49. The molecule has 0 spiro atoms. The molecule has 0 aromatic carbocycles. The summed E-state index contributed by atoms with van der Waals surface area (Å²) in [5.74, 6) is 1.72. The SMILES string of the molecule is CC(C)(C1CCNC1)C(C)(C)C1CNC1. The van der Waals surface area contributed by atoms with E-state index in [0.717, 1.165) is 11.8 Å². The summed E-state index contributed by atoms with van der Waals surface area (Å²) in [5.41, 5.74) is 0.901. The minimum atomic E-state index is 0.448. The first-order chi connectivity index (χ1) is 6.96. The molecule has 0 aromatic rings. The van der Waals surface area contributed by atoms with E-state index in [4.69, 9.17) is 0 Å². The quantitative estimate of drug-likeness (QED) is 0.743. The molecule has 2 heteroatoms. The van der Waals surface area contributed by atoms with Crippen molar-refractivity contribution < 1.29 is 0 Å². The second kappa shape index (κ2) is 3.74. The van der Waals surface area contributed by atoms with Gasteiger partial charge in [-0.15, -0.1) is 0 Å². The van der Waals surface area contributed by atoms with E-state index in [1.807, 2.05) is 0 Å². The molecular weight excluding hydrogens is 184 g/mol. The number of rotatable bonds is 3. The summed E-state index contributed by atoms with van der Waals surface area (Å²) in [6.07, 6.45) is 1.36. The number of hydrogen-bond donors (Lipinski definition) is 2. The predicted molar refractivity (Wildman–Crippen MR) is 64.9 cm³/mol. The highest BCUT2D eigenvalue weighted by Crippen LogP contribution is 2.51. The molecule has 0 amide bonds. The Morgan fingerprint density at radius 3 is 1.73 bits per heavy atom. The van der Waals surface area contributed by atoms with Crippen molar-refractivity contribution in [3.05, 3.63) is 0 Å². The fourth-order valence-electron chi connectivity index (χ4n) is 3.12. The standard InChI is InChI=1S/C13H26N2/c1-12(2,10-5-6-14-7-10)13(3,4)11-8-15-9-11/h10-11,14-15H,5-9H2,1-4H3. The molecule has 0 aliphatic carbocycles. The molecule has 0 bridgehead atoms. The van der Waals surface area contributed by atoms with Gasteiger partial charge in [0.1, 0.15) is 0 Å². The Kier molecular flexibility index (Phi) is 2.85. The van der Waals surface area contributed by atoms with Crippen LogP contribution >= 0.6 is 0 Å². The molecule has 1 unspecified atom stereocenters. The maximum absolute atomic E-state index is 3.51. The topological polar surface area (TPSA) is 24.1 Å². The second-order valence-corrected chi connectivity index (χ2v) is 6.49. The summed E-state index contributed by atoms with van der Waals surface area (Å²) in [6, 6.07) is 0. The van der Waals surface area contributed by atoms with Gasteiger partial charge in [-0.25, -0.2) is 0 Å². The van der Waals surface area contributed by atoms with E-state index in [2.05, 4.69) is 38.3 Å². The van der Waals surface area contributed by atoms with Crippen LogP contribution in [0.4, 0.5) is 0 Å². The van der Waals surface area contributed by atoms with Gasteiger partial charge in [0.2, 0.25) is 0 Å². The fraction of sp³-hybridized carbons (Fsp3) is 1.00. The lowest BCUT2D eigenvalue weighted by Gasteiger charge is -2.53. The first-order valence-corrected chi connectivity index (χ1v) is 6.37. The molecule has 0 saturated carbocycles. The number of hydrogen-bond acceptors (Lipinski definition) is 2. The van der Waals surface area contributed by atoms with Crippen molar-refractivity contribution in [2.75, 3.05) is 26.2 Å². The third-order valence-electron chi connectivity index (χ3n) is 5.54. The van der Waals surface area contributed by atoms with Crippen LogP contribution in [-0.4, -0.2) is 26.2 Å². The van der Waals surface area contributed by atoms with Crippen LogP contribution in [0, 0.1) is 22.7 Å². The Balaban J connectivity index is 2.10. The maximum Gasteiger partial charge on any atom is -0.000292 e. The smallest absolute Gasteiger partial charge is 0.000292 e. The van der Waals surface area contributed by atoms with Crippen LogP contribution in [0.2, 0.25) is 0 Å². The summed E-state index contributed by atoms with van der Waals surface area (Å²) >= 11 is 0. The van der Waals surface area contributed by atoms with Crippen LogP contribution in [0.15, 0.2) is 0 Å². The third kappa shape index (κ3) is 1.72. The first kappa shape index (κ1) is 11.4. The van der Waals surface area contributed by atoms with Crippen LogP contribution < -0.4 is 10.6 Å². The molecule has 2 aliphatic heterocycles. The molecule has 2 N–H and O–H groups in total. The normalized spacial score (nSPS) is 29.2. The van der Waals surface area contributed by atoms with Crippen molar-refractivity contribution in [1.82, 2.24) is 10.6 Å². The third-order valence-corrected chi connectivity index (χ3v) is 5.54. The lowest BCUT2D eigenvalue weighted by Crippen LogP contribution is -2.56. The molecule has 2 saturated heterocycles. The molecule has 2 fully saturated rings. The summed E-state index contributed by atoms with van der Waals surface area (Å²) in [6.45, 7) is 14.8. The van der Waals surface area contributed by atoms with E-state index in [9.17, 15) is 0 Å². The van der Waals surface area contributed by atoms with Crippen molar-refractivity contribution in [2.24, 2.45) is 22.7 Å².